The van der Waals surface area contributed by atoms with E-state index in [1.165, 1.54) is 14.0 Å². The van der Waals surface area contributed by atoms with Gasteiger partial charge in [0.1, 0.15) is 0 Å². The first kappa shape index (κ1) is 13.4. The number of benzene rings is 1. The Balaban J connectivity index is 0.000000336. The van der Waals surface area contributed by atoms with Crippen LogP contribution in [0.4, 0.5) is 0 Å². The van der Waals surface area contributed by atoms with Gasteiger partial charge in [0, 0.05) is 18.9 Å². The number of methoxy groups -OCH3 is 1. The fourth-order valence-electron chi connectivity index (χ4n) is 0.828. The number of carbonyl (C=O) groups excluding carboxylic acids is 2. The summed E-state index contributed by atoms with van der Waals surface area (Å²) in [5, 5.41) is 0. The van der Waals surface area contributed by atoms with E-state index in [4.69, 9.17) is 0 Å². The molecule has 0 unspecified atom stereocenters. The Morgan fingerprint density at radius 2 is 1.67 bits per heavy atom. The highest BCUT2D eigenvalue weighted by Crippen LogP contribution is 2.01. The first-order valence-corrected chi connectivity index (χ1v) is 4.74. The predicted octanol–water partition coefficient (Wildman–Crippen LogP) is 2.46. The van der Waals surface area contributed by atoms with Gasteiger partial charge in [-0.2, -0.15) is 0 Å². The van der Waals surface area contributed by atoms with Crippen LogP contribution in [0.25, 0.3) is 0 Å². The third-order valence-electron chi connectivity index (χ3n) is 1.70. The zero-order chi connectivity index (χ0) is 11.7. The van der Waals surface area contributed by atoms with E-state index < -0.39 is 0 Å². The monoisotopic (exact) mass is 208 g/mol. The van der Waals surface area contributed by atoms with Crippen LogP contribution in [0.2, 0.25) is 0 Å². The molecular formula is C12H16O3. The van der Waals surface area contributed by atoms with Gasteiger partial charge in [0.05, 0.1) is 7.11 Å². The number of Topliss-reactive ketones (excluding diaryl/α,β-unsaturated/α-hetero) is 1. The lowest BCUT2D eigenvalue weighted by Crippen LogP contribution is -1.94. The molecule has 0 aliphatic rings. The van der Waals surface area contributed by atoms with Crippen molar-refractivity contribution in [3.63, 3.8) is 0 Å². The number of esters is 1. The molecule has 0 amide bonds. The summed E-state index contributed by atoms with van der Waals surface area (Å²) in [6.07, 6.45) is 0.587. The molecule has 0 fully saturated rings. The molecule has 0 aromatic heterocycles. The van der Waals surface area contributed by atoms with Crippen molar-refractivity contribution in [2.45, 2.75) is 20.3 Å². The molecule has 0 saturated carbocycles. The summed E-state index contributed by atoms with van der Waals surface area (Å²) in [4.78, 5) is 20.6. The van der Waals surface area contributed by atoms with Crippen LogP contribution in [0.3, 0.4) is 0 Å². The molecule has 0 heterocycles. The second-order valence-corrected chi connectivity index (χ2v) is 2.84. The highest BCUT2D eigenvalue weighted by Gasteiger charge is 1.98. The van der Waals surface area contributed by atoms with Crippen molar-refractivity contribution < 1.29 is 14.3 Å². The average molecular weight is 208 g/mol. The molecule has 1 aromatic rings. The Hall–Kier alpha value is -1.64. The molecule has 15 heavy (non-hydrogen) atoms. The zero-order valence-electron chi connectivity index (χ0n) is 9.32. The van der Waals surface area contributed by atoms with Crippen molar-refractivity contribution in [1.29, 1.82) is 0 Å². The van der Waals surface area contributed by atoms with Crippen molar-refractivity contribution in [3.05, 3.63) is 35.9 Å². The number of rotatable bonds is 2. The molecule has 0 N–H and O–H groups in total. The molecular weight excluding hydrogens is 192 g/mol. The minimum Gasteiger partial charge on any atom is -0.469 e. The quantitative estimate of drug-likeness (QED) is 0.554. The van der Waals surface area contributed by atoms with E-state index in [0.29, 0.717) is 6.42 Å². The second kappa shape index (κ2) is 7.74. The van der Waals surface area contributed by atoms with Crippen LogP contribution < -0.4 is 0 Å². The third-order valence-corrected chi connectivity index (χ3v) is 1.70. The Morgan fingerprint density at radius 3 is 2.00 bits per heavy atom. The maximum atomic E-state index is 11.0. The largest absolute Gasteiger partial charge is 0.469 e. The fraction of sp³-hybridized carbons (Fsp3) is 0.333. The Kier molecular flexibility index (Phi) is 6.89. The van der Waals surface area contributed by atoms with Crippen molar-refractivity contribution in [2.75, 3.05) is 7.11 Å². The summed E-state index contributed by atoms with van der Waals surface area (Å²) in [5.41, 5.74) is 0.810. The number of ether oxygens (including phenoxy) is 1. The minimum absolute atomic E-state index is 0.209. The SMILES string of the molecule is CCC(=O)c1ccccc1.COC(C)=O. The number of hydrogen-bond donors (Lipinski definition) is 0. The Bertz CT molecular complexity index is 304. The fourth-order valence-corrected chi connectivity index (χ4v) is 0.828. The van der Waals surface area contributed by atoms with E-state index in [-0.39, 0.29) is 11.8 Å². The maximum absolute atomic E-state index is 11.0. The summed E-state index contributed by atoms with van der Waals surface area (Å²) in [6.45, 7) is 3.23. The molecule has 3 nitrogen and oxygen atoms in total. The topological polar surface area (TPSA) is 43.4 Å². The van der Waals surface area contributed by atoms with Gasteiger partial charge in [-0.05, 0) is 0 Å². The van der Waals surface area contributed by atoms with E-state index in [1.54, 1.807) is 0 Å². The van der Waals surface area contributed by atoms with Gasteiger partial charge in [-0.15, -0.1) is 0 Å². The van der Waals surface area contributed by atoms with Crippen LogP contribution in [0.15, 0.2) is 30.3 Å². The van der Waals surface area contributed by atoms with E-state index in [9.17, 15) is 9.59 Å². The zero-order valence-corrected chi connectivity index (χ0v) is 9.32. The maximum Gasteiger partial charge on any atom is 0.302 e. The van der Waals surface area contributed by atoms with Crippen LogP contribution in [-0.4, -0.2) is 18.9 Å². The number of carbonyl (C=O) groups is 2. The number of ketones is 1. The second-order valence-electron chi connectivity index (χ2n) is 2.84. The predicted molar refractivity (Wildman–Crippen MR) is 58.8 cm³/mol. The molecule has 3 heteroatoms. The molecule has 1 aromatic carbocycles. The normalized spacial score (nSPS) is 8.47. The van der Waals surface area contributed by atoms with Gasteiger partial charge in [-0.1, -0.05) is 37.3 Å². The summed E-state index contributed by atoms with van der Waals surface area (Å²) in [6, 6.07) is 9.34. The van der Waals surface area contributed by atoms with Gasteiger partial charge in [0.2, 0.25) is 0 Å². The van der Waals surface area contributed by atoms with E-state index in [2.05, 4.69) is 4.74 Å². The summed E-state index contributed by atoms with van der Waals surface area (Å²) in [7, 11) is 1.35. The van der Waals surface area contributed by atoms with Gasteiger partial charge in [0.15, 0.2) is 5.78 Å². The van der Waals surface area contributed by atoms with Crippen LogP contribution in [0, 0.1) is 0 Å². The Labute approximate surface area is 90.1 Å². The summed E-state index contributed by atoms with van der Waals surface area (Å²) < 4.78 is 4.11. The van der Waals surface area contributed by atoms with E-state index in [1.807, 2.05) is 37.3 Å². The first-order chi connectivity index (χ1) is 7.11. The van der Waals surface area contributed by atoms with Gasteiger partial charge < -0.3 is 4.74 Å². The van der Waals surface area contributed by atoms with Crippen LogP contribution in [0.5, 0.6) is 0 Å². The Morgan fingerprint density at radius 1 is 1.20 bits per heavy atom. The molecule has 0 saturated heterocycles. The van der Waals surface area contributed by atoms with Crippen molar-refractivity contribution in [2.24, 2.45) is 0 Å². The lowest BCUT2D eigenvalue weighted by molar-refractivity contribution is -0.137. The summed E-state index contributed by atoms with van der Waals surface area (Å²) >= 11 is 0. The van der Waals surface area contributed by atoms with Crippen LogP contribution in [0.1, 0.15) is 30.6 Å². The third kappa shape index (κ3) is 6.43. The van der Waals surface area contributed by atoms with Crippen LogP contribution in [-0.2, 0) is 9.53 Å². The van der Waals surface area contributed by atoms with Gasteiger partial charge >= 0.3 is 5.97 Å². The standard InChI is InChI=1S/C9H10O.C3H6O2/c1-2-9(10)8-6-4-3-5-7-8;1-3(4)5-2/h3-7H,2H2,1H3;1-2H3. The smallest absolute Gasteiger partial charge is 0.302 e. The molecule has 0 radical (unpaired) electrons. The minimum atomic E-state index is -0.245. The van der Waals surface area contributed by atoms with E-state index in [0.717, 1.165) is 5.56 Å². The van der Waals surface area contributed by atoms with Gasteiger partial charge in [0.25, 0.3) is 0 Å². The molecule has 0 bridgehead atoms. The number of hydrogen-bond acceptors (Lipinski definition) is 3. The van der Waals surface area contributed by atoms with Crippen molar-refractivity contribution in [1.82, 2.24) is 0 Å². The molecule has 82 valence electrons. The summed E-state index contributed by atoms with van der Waals surface area (Å²) in [5.74, 6) is -0.0365. The van der Waals surface area contributed by atoms with Gasteiger partial charge in [-0.3, -0.25) is 9.59 Å². The van der Waals surface area contributed by atoms with Crippen molar-refractivity contribution in [3.8, 4) is 0 Å². The highest BCUT2D eigenvalue weighted by molar-refractivity contribution is 5.95. The first-order valence-electron chi connectivity index (χ1n) is 4.74. The molecule has 0 atom stereocenters. The van der Waals surface area contributed by atoms with Crippen LogP contribution >= 0.6 is 0 Å². The molecule has 0 spiro atoms. The van der Waals surface area contributed by atoms with Crippen molar-refractivity contribution >= 4 is 11.8 Å². The molecule has 1 rings (SSSR count). The molecule has 0 aliphatic heterocycles. The highest BCUT2D eigenvalue weighted by atomic mass is 16.5. The van der Waals surface area contributed by atoms with Gasteiger partial charge in [-0.25, -0.2) is 0 Å². The average Bonchev–Trinajstić information content (AvgIpc) is 2.30. The van der Waals surface area contributed by atoms with E-state index >= 15 is 0 Å². The molecule has 0 aliphatic carbocycles. The lowest BCUT2D eigenvalue weighted by atomic mass is 10.1. The lowest BCUT2D eigenvalue weighted by Gasteiger charge is -1.93.